The zero-order valence-electron chi connectivity index (χ0n) is 12.2. The third kappa shape index (κ3) is 2.46. The van der Waals surface area contributed by atoms with E-state index in [0.717, 1.165) is 21.9 Å². The monoisotopic (exact) mass is 305 g/mol. The Labute approximate surface area is 132 Å². The number of fused-ring (bicyclic) bond motifs is 2. The molecule has 2 aromatic carbocycles. The lowest BCUT2D eigenvalue weighted by Crippen LogP contribution is -1.92. The van der Waals surface area contributed by atoms with Crippen LogP contribution < -0.4 is 0 Å². The highest BCUT2D eigenvalue weighted by atomic mass is 32.2. The number of hydrogen-bond acceptors (Lipinski definition) is 3. The van der Waals surface area contributed by atoms with Gasteiger partial charge >= 0.3 is 0 Å². The zero-order chi connectivity index (χ0) is 14.9. The topological polar surface area (TPSA) is 41.6 Å². The van der Waals surface area contributed by atoms with Crippen molar-refractivity contribution in [3.8, 4) is 0 Å². The van der Waals surface area contributed by atoms with E-state index < -0.39 is 0 Å². The van der Waals surface area contributed by atoms with Gasteiger partial charge in [-0.1, -0.05) is 42.1 Å². The number of aromatic nitrogens is 3. The van der Waals surface area contributed by atoms with Crippen molar-refractivity contribution < 1.29 is 0 Å². The number of imidazole rings is 1. The maximum atomic E-state index is 4.71. The van der Waals surface area contributed by atoms with E-state index in [-0.39, 0.29) is 5.25 Å². The molecule has 22 heavy (non-hydrogen) atoms. The summed E-state index contributed by atoms with van der Waals surface area (Å²) >= 11 is 1.70. The smallest absolute Gasteiger partial charge is 0.167 e. The molecule has 0 bridgehead atoms. The van der Waals surface area contributed by atoms with Crippen LogP contribution in [0.2, 0.25) is 0 Å². The standard InChI is InChI=1S/C18H15N3S/c1-12(15-8-4-5-9-19-15)22-18-20-16-10-13-6-2-3-7-14(13)11-17(16)21-18/h2-12H,1H3,(H,20,21). The largest absolute Gasteiger partial charge is 0.333 e. The molecule has 2 heterocycles. The Morgan fingerprint density at radius 3 is 2.55 bits per heavy atom. The number of thioether (sulfide) groups is 1. The van der Waals surface area contributed by atoms with Gasteiger partial charge in [-0.15, -0.1) is 0 Å². The van der Waals surface area contributed by atoms with Crippen molar-refractivity contribution in [2.75, 3.05) is 0 Å². The number of benzene rings is 2. The summed E-state index contributed by atoms with van der Waals surface area (Å²) in [5.41, 5.74) is 3.15. The summed E-state index contributed by atoms with van der Waals surface area (Å²) in [6.45, 7) is 2.15. The molecule has 0 saturated carbocycles. The number of nitrogens with zero attached hydrogens (tertiary/aromatic N) is 2. The maximum Gasteiger partial charge on any atom is 0.167 e. The lowest BCUT2D eigenvalue weighted by atomic mass is 10.1. The molecule has 4 rings (SSSR count). The fourth-order valence-electron chi connectivity index (χ4n) is 2.57. The molecule has 0 fully saturated rings. The van der Waals surface area contributed by atoms with Crippen molar-refractivity contribution in [2.24, 2.45) is 0 Å². The van der Waals surface area contributed by atoms with Crippen molar-refractivity contribution in [1.82, 2.24) is 15.0 Å². The van der Waals surface area contributed by atoms with E-state index in [1.54, 1.807) is 11.8 Å². The van der Waals surface area contributed by atoms with Crippen molar-refractivity contribution in [2.45, 2.75) is 17.3 Å². The van der Waals surface area contributed by atoms with Crippen LogP contribution in [0.4, 0.5) is 0 Å². The first-order valence-corrected chi connectivity index (χ1v) is 8.14. The summed E-state index contributed by atoms with van der Waals surface area (Å²) in [6.07, 6.45) is 1.83. The molecule has 0 radical (unpaired) electrons. The molecule has 1 unspecified atom stereocenters. The first-order chi connectivity index (χ1) is 10.8. The Hall–Kier alpha value is -2.33. The predicted octanol–water partition coefficient (Wildman–Crippen LogP) is 4.96. The molecular weight excluding hydrogens is 290 g/mol. The number of aromatic amines is 1. The van der Waals surface area contributed by atoms with Crippen LogP contribution in [0.3, 0.4) is 0 Å². The van der Waals surface area contributed by atoms with Gasteiger partial charge in [0, 0.05) is 6.20 Å². The summed E-state index contributed by atoms with van der Waals surface area (Å²) in [7, 11) is 0. The minimum absolute atomic E-state index is 0.260. The Morgan fingerprint density at radius 2 is 1.77 bits per heavy atom. The zero-order valence-corrected chi connectivity index (χ0v) is 13.0. The minimum atomic E-state index is 0.260. The van der Waals surface area contributed by atoms with Gasteiger partial charge in [-0.25, -0.2) is 4.98 Å². The third-order valence-electron chi connectivity index (χ3n) is 3.72. The van der Waals surface area contributed by atoms with Crippen LogP contribution in [0, 0.1) is 0 Å². The number of rotatable bonds is 3. The van der Waals surface area contributed by atoms with Crippen LogP contribution in [0.1, 0.15) is 17.9 Å². The Bertz CT molecular complexity index is 878. The molecule has 1 atom stereocenters. The molecule has 3 nitrogen and oxygen atoms in total. The number of H-pyrrole nitrogens is 1. The van der Waals surface area contributed by atoms with E-state index in [2.05, 4.69) is 59.4 Å². The second kappa shape index (κ2) is 5.46. The van der Waals surface area contributed by atoms with Crippen LogP contribution in [-0.4, -0.2) is 15.0 Å². The van der Waals surface area contributed by atoms with Gasteiger partial charge < -0.3 is 4.98 Å². The molecule has 1 N–H and O–H groups in total. The van der Waals surface area contributed by atoms with E-state index in [4.69, 9.17) is 4.98 Å². The van der Waals surface area contributed by atoms with Crippen LogP contribution in [0.25, 0.3) is 21.8 Å². The lowest BCUT2D eigenvalue weighted by Gasteiger charge is -2.07. The van der Waals surface area contributed by atoms with E-state index in [0.29, 0.717) is 0 Å². The molecular formula is C18H15N3S. The van der Waals surface area contributed by atoms with E-state index in [1.165, 1.54) is 10.8 Å². The second-order valence-corrected chi connectivity index (χ2v) is 6.60. The average molecular weight is 305 g/mol. The second-order valence-electron chi connectivity index (χ2n) is 5.27. The summed E-state index contributed by atoms with van der Waals surface area (Å²) in [6, 6.07) is 18.7. The number of pyridine rings is 1. The van der Waals surface area contributed by atoms with Gasteiger partial charge in [-0.3, -0.25) is 4.98 Å². The summed E-state index contributed by atoms with van der Waals surface area (Å²) in [4.78, 5) is 12.5. The normalized spacial score (nSPS) is 12.8. The summed E-state index contributed by atoms with van der Waals surface area (Å²) in [5.74, 6) is 0. The average Bonchev–Trinajstić information content (AvgIpc) is 2.94. The van der Waals surface area contributed by atoms with Gasteiger partial charge in [0.05, 0.1) is 22.0 Å². The van der Waals surface area contributed by atoms with E-state index in [9.17, 15) is 0 Å². The highest BCUT2D eigenvalue weighted by Crippen LogP contribution is 2.33. The number of nitrogens with one attached hydrogen (secondary N) is 1. The first kappa shape index (κ1) is 13.3. The highest BCUT2D eigenvalue weighted by molar-refractivity contribution is 7.99. The van der Waals surface area contributed by atoms with Crippen LogP contribution >= 0.6 is 11.8 Å². The summed E-state index contributed by atoms with van der Waals surface area (Å²) < 4.78 is 0. The van der Waals surface area contributed by atoms with Gasteiger partial charge in [-0.2, -0.15) is 0 Å². The molecule has 0 aliphatic rings. The molecule has 108 valence electrons. The lowest BCUT2D eigenvalue weighted by molar-refractivity contribution is 0.984. The Kier molecular flexibility index (Phi) is 3.31. The first-order valence-electron chi connectivity index (χ1n) is 7.26. The fourth-order valence-corrected chi connectivity index (χ4v) is 3.49. The predicted molar refractivity (Wildman–Crippen MR) is 92.1 cm³/mol. The van der Waals surface area contributed by atoms with Crippen molar-refractivity contribution >= 4 is 33.6 Å². The Balaban J connectivity index is 1.69. The Morgan fingerprint density at radius 1 is 1.00 bits per heavy atom. The third-order valence-corrected chi connectivity index (χ3v) is 4.73. The SMILES string of the molecule is CC(Sc1nc2cc3ccccc3cc2[nH]1)c1ccccn1. The highest BCUT2D eigenvalue weighted by Gasteiger charge is 2.12. The van der Waals surface area contributed by atoms with Gasteiger partial charge in [0.2, 0.25) is 0 Å². The van der Waals surface area contributed by atoms with Crippen LogP contribution in [0.15, 0.2) is 66.0 Å². The van der Waals surface area contributed by atoms with E-state index >= 15 is 0 Å². The minimum Gasteiger partial charge on any atom is -0.333 e. The fraction of sp³-hybridized carbons (Fsp3) is 0.111. The molecule has 4 aromatic rings. The molecule has 4 heteroatoms. The van der Waals surface area contributed by atoms with Gasteiger partial charge in [-0.05, 0) is 42.0 Å². The van der Waals surface area contributed by atoms with Crippen molar-refractivity contribution in [1.29, 1.82) is 0 Å². The quantitative estimate of drug-likeness (QED) is 0.544. The van der Waals surface area contributed by atoms with Crippen molar-refractivity contribution in [3.05, 3.63) is 66.5 Å². The molecule has 0 amide bonds. The molecule has 0 aliphatic carbocycles. The molecule has 2 aromatic heterocycles. The molecule has 0 aliphatic heterocycles. The summed E-state index contributed by atoms with van der Waals surface area (Å²) in [5, 5.41) is 3.64. The van der Waals surface area contributed by atoms with Crippen LogP contribution in [-0.2, 0) is 0 Å². The van der Waals surface area contributed by atoms with Crippen molar-refractivity contribution in [3.63, 3.8) is 0 Å². The molecule has 0 saturated heterocycles. The maximum absolute atomic E-state index is 4.71. The van der Waals surface area contributed by atoms with E-state index in [1.807, 2.05) is 18.3 Å². The van der Waals surface area contributed by atoms with Crippen LogP contribution in [0.5, 0.6) is 0 Å². The van der Waals surface area contributed by atoms with Gasteiger partial charge in [0.15, 0.2) is 5.16 Å². The van der Waals surface area contributed by atoms with Gasteiger partial charge in [0.25, 0.3) is 0 Å². The molecule has 0 spiro atoms. The van der Waals surface area contributed by atoms with Gasteiger partial charge in [0.1, 0.15) is 0 Å². The number of hydrogen-bond donors (Lipinski definition) is 1.